The van der Waals surface area contributed by atoms with Crippen molar-refractivity contribution in [1.82, 2.24) is 5.32 Å². The summed E-state index contributed by atoms with van der Waals surface area (Å²) in [5.41, 5.74) is 6.97. The molecule has 2 aromatic rings. The number of carbonyl (C=O) groups excluding carboxylic acids is 1. The van der Waals surface area contributed by atoms with E-state index in [1.54, 1.807) is 35.6 Å². The van der Waals surface area contributed by atoms with Crippen molar-refractivity contribution in [2.75, 3.05) is 12.3 Å². The van der Waals surface area contributed by atoms with E-state index in [1.165, 1.54) is 0 Å². The quantitative estimate of drug-likeness (QED) is 0.728. The second kappa shape index (κ2) is 6.36. The zero-order valence-corrected chi connectivity index (χ0v) is 11.2. The number of nitrogen functional groups attached to an aromatic ring is 1. The topological polar surface area (TPSA) is 75.3 Å². The molecule has 4 N–H and O–H groups in total. The molecule has 5 heteroatoms. The van der Waals surface area contributed by atoms with Gasteiger partial charge in [-0.1, -0.05) is 18.2 Å². The number of hydrogen-bond donors (Lipinski definition) is 3. The van der Waals surface area contributed by atoms with Crippen LogP contribution in [0.3, 0.4) is 0 Å². The largest absolute Gasteiger partial charge is 0.399 e. The van der Waals surface area contributed by atoms with E-state index < -0.39 is 6.10 Å². The molecule has 100 valence electrons. The van der Waals surface area contributed by atoms with Crippen LogP contribution in [0.15, 0.2) is 41.8 Å². The summed E-state index contributed by atoms with van der Waals surface area (Å²) in [5.74, 6) is -0.0862. The Morgan fingerprint density at radius 2 is 2.05 bits per heavy atom. The SMILES string of the molecule is Nc1ccc(C(O)CNC(=O)Cc2cccs2)cc1. The van der Waals surface area contributed by atoms with Crippen LogP contribution in [-0.4, -0.2) is 17.6 Å². The third-order valence-electron chi connectivity index (χ3n) is 2.73. The van der Waals surface area contributed by atoms with E-state index >= 15 is 0 Å². The first-order chi connectivity index (χ1) is 9.15. The van der Waals surface area contributed by atoms with Crippen molar-refractivity contribution >= 4 is 22.9 Å². The fourth-order valence-corrected chi connectivity index (χ4v) is 2.38. The van der Waals surface area contributed by atoms with Crippen LogP contribution in [0.4, 0.5) is 5.69 Å². The van der Waals surface area contributed by atoms with Gasteiger partial charge in [0.2, 0.25) is 5.91 Å². The zero-order valence-electron chi connectivity index (χ0n) is 10.4. The molecule has 4 nitrogen and oxygen atoms in total. The van der Waals surface area contributed by atoms with Crippen LogP contribution in [0.5, 0.6) is 0 Å². The molecule has 1 aromatic carbocycles. The molecule has 0 spiro atoms. The Morgan fingerprint density at radius 1 is 1.32 bits per heavy atom. The average Bonchev–Trinajstić information content (AvgIpc) is 2.89. The number of nitrogens with one attached hydrogen (secondary N) is 1. The Morgan fingerprint density at radius 3 is 2.68 bits per heavy atom. The van der Waals surface area contributed by atoms with Gasteiger partial charge in [0, 0.05) is 17.1 Å². The van der Waals surface area contributed by atoms with Crippen LogP contribution in [0, 0.1) is 0 Å². The summed E-state index contributed by atoms with van der Waals surface area (Å²) in [6, 6.07) is 10.8. The van der Waals surface area contributed by atoms with Crippen molar-refractivity contribution in [3.8, 4) is 0 Å². The van der Waals surface area contributed by atoms with Crippen molar-refractivity contribution in [2.45, 2.75) is 12.5 Å². The van der Waals surface area contributed by atoms with Crippen LogP contribution in [0.25, 0.3) is 0 Å². The number of amides is 1. The molecular weight excluding hydrogens is 260 g/mol. The minimum absolute atomic E-state index is 0.0862. The molecule has 0 fully saturated rings. The standard InChI is InChI=1S/C14H16N2O2S/c15-11-5-3-10(4-6-11)13(17)9-16-14(18)8-12-2-1-7-19-12/h1-7,13,17H,8-9,15H2,(H,16,18). The number of thiophene rings is 1. The number of hydrogen-bond acceptors (Lipinski definition) is 4. The van der Waals surface area contributed by atoms with Gasteiger partial charge in [0.15, 0.2) is 0 Å². The van der Waals surface area contributed by atoms with Crippen LogP contribution in [-0.2, 0) is 11.2 Å². The van der Waals surface area contributed by atoms with Gasteiger partial charge in [0.05, 0.1) is 12.5 Å². The lowest BCUT2D eigenvalue weighted by Gasteiger charge is -2.12. The average molecular weight is 276 g/mol. The fourth-order valence-electron chi connectivity index (χ4n) is 1.68. The van der Waals surface area contributed by atoms with E-state index in [2.05, 4.69) is 5.32 Å². The summed E-state index contributed by atoms with van der Waals surface area (Å²) in [4.78, 5) is 12.7. The van der Waals surface area contributed by atoms with Crippen LogP contribution in [0.2, 0.25) is 0 Å². The summed E-state index contributed by atoms with van der Waals surface area (Å²) in [6.45, 7) is 0.203. The summed E-state index contributed by atoms with van der Waals surface area (Å²) in [5, 5.41) is 14.6. The lowest BCUT2D eigenvalue weighted by Crippen LogP contribution is -2.29. The van der Waals surface area contributed by atoms with Crippen molar-refractivity contribution in [3.05, 3.63) is 52.2 Å². The summed E-state index contributed by atoms with van der Waals surface area (Å²) in [7, 11) is 0. The minimum Gasteiger partial charge on any atom is -0.399 e. The van der Waals surface area contributed by atoms with E-state index in [9.17, 15) is 9.90 Å². The predicted molar refractivity (Wildman–Crippen MR) is 76.8 cm³/mol. The number of benzene rings is 1. The summed E-state index contributed by atoms with van der Waals surface area (Å²) in [6.07, 6.45) is -0.362. The van der Waals surface area contributed by atoms with E-state index in [4.69, 9.17) is 5.73 Å². The molecule has 1 unspecified atom stereocenters. The van der Waals surface area contributed by atoms with Crippen LogP contribution in [0.1, 0.15) is 16.5 Å². The van der Waals surface area contributed by atoms with Gasteiger partial charge in [-0.3, -0.25) is 4.79 Å². The monoisotopic (exact) mass is 276 g/mol. The van der Waals surface area contributed by atoms with Gasteiger partial charge < -0.3 is 16.2 Å². The number of nitrogens with two attached hydrogens (primary N) is 1. The Hall–Kier alpha value is -1.85. The normalized spacial score (nSPS) is 12.1. The highest BCUT2D eigenvalue weighted by atomic mass is 32.1. The molecule has 19 heavy (non-hydrogen) atoms. The van der Waals surface area contributed by atoms with Gasteiger partial charge in [0.25, 0.3) is 0 Å². The second-order valence-corrected chi connectivity index (χ2v) is 5.27. The van der Waals surface area contributed by atoms with Crippen molar-refractivity contribution in [3.63, 3.8) is 0 Å². The number of rotatable bonds is 5. The first kappa shape index (κ1) is 13.6. The number of anilines is 1. The first-order valence-corrected chi connectivity index (χ1v) is 6.85. The molecule has 0 saturated heterocycles. The van der Waals surface area contributed by atoms with Gasteiger partial charge in [-0.25, -0.2) is 0 Å². The van der Waals surface area contributed by atoms with Gasteiger partial charge in [-0.2, -0.15) is 0 Å². The molecule has 1 aromatic heterocycles. The molecule has 1 amide bonds. The molecule has 0 radical (unpaired) electrons. The van der Waals surface area contributed by atoms with E-state index in [-0.39, 0.29) is 12.5 Å². The maximum Gasteiger partial charge on any atom is 0.225 e. The summed E-state index contributed by atoms with van der Waals surface area (Å²) < 4.78 is 0. The van der Waals surface area contributed by atoms with E-state index in [1.807, 2.05) is 17.5 Å². The zero-order chi connectivity index (χ0) is 13.7. The molecular formula is C14H16N2O2S. The van der Waals surface area contributed by atoms with E-state index in [0.29, 0.717) is 12.1 Å². The summed E-state index contributed by atoms with van der Waals surface area (Å²) >= 11 is 1.55. The highest BCUT2D eigenvalue weighted by molar-refractivity contribution is 7.10. The number of aliphatic hydroxyl groups excluding tert-OH is 1. The number of carbonyl (C=O) groups is 1. The Kier molecular flexibility index (Phi) is 4.54. The smallest absolute Gasteiger partial charge is 0.225 e. The van der Waals surface area contributed by atoms with Gasteiger partial charge in [-0.05, 0) is 29.1 Å². The fraction of sp³-hybridized carbons (Fsp3) is 0.214. The second-order valence-electron chi connectivity index (χ2n) is 4.24. The highest BCUT2D eigenvalue weighted by Gasteiger charge is 2.10. The van der Waals surface area contributed by atoms with Crippen LogP contribution >= 0.6 is 11.3 Å². The maximum absolute atomic E-state index is 11.7. The molecule has 0 aliphatic heterocycles. The molecule has 0 aliphatic rings. The molecule has 1 atom stereocenters. The van der Waals surface area contributed by atoms with Crippen molar-refractivity contribution in [1.29, 1.82) is 0 Å². The third-order valence-corrected chi connectivity index (χ3v) is 3.61. The van der Waals surface area contributed by atoms with Gasteiger partial charge in [0.1, 0.15) is 0 Å². The lowest BCUT2D eigenvalue weighted by atomic mass is 10.1. The molecule has 0 aliphatic carbocycles. The van der Waals surface area contributed by atoms with Crippen molar-refractivity contribution < 1.29 is 9.90 Å². The predicted octanol–water partition coefficient (Wildman–Crippen LogP) is 1.72. The highest BCUT2D eigenvalue weighted by Crippen LogP contribution is 2.14. The van der Waals surface area contributed by atoms with Crippen molar-refractivity contribution in [2.24, 2.45) is 0 Å². The maximum atomic E-state index is 11.7. The lowest BCUT2D eigenvalue weighted by molar-refractivity contribution is -0.120. The Labute approximate surface area is 115 Å². The Balaban J connectivity index is 1.81. The van der Waals surface area contributed by atoms with Crippen LogP contribution < -0.4 is 11.1 Å². The minimum atomic E-state index is -0.715. The Bertz CT molecular complexity index is 523. The molecule has 1 heterocycles. The van der Waals surface area contributed by atoms with E-state index in [0.717, 1.165) is 10.4 Å². The molecule has 0 saturated carbocycles. The van der Waals surface area contributed by atoms with Gasteiger partial charge in [-0.15, -0.1) is 11.3 Å². The van der Waals surface area contributed by atoms with Gasteiger partial charge >= 0.3 is 0 Å². The third kappa shape index (κ3) is 4.08. The first-order valence-electron chi connectivity index (χ1n) is 5.98. The molecule has 0 bridgehead atoms. The molecule has 2 rings (SSSR count). The number of aliphatic hydroxyl groups is 1.